The van der Waals surface area contributed by atoms with Crippen molar-refractivity contribution in [3.05, 3.63) is 23.8 Å². The molecule has 0 aromatic heterocycles. The maximum Gasteiger partial charge on any atom is 0.253 e. The highest BCUT2D eigenvalue weighted by Gasteiger charge is 2.57. The monoisotopic (exact) mass is 421 g/mol. The zero-order valence-electron chi connectivity index (χ0n) is 17.2. The van der Waals surface area contributed by atoms with Crippen molar-refractivity contribution in [3.8, 4) is 5.75 Å². The summed E-state index contributed by atoms with van der Waals surface area (Å²) in [7, 11) is 1.59. The number of carbonyl (C=O) groups is 2. The van der Waals surface area contributed by atoms with E-state index in [9.17, 15) is 9.59 Å². The Labute approximate surface area is 179 Å². The molecule has 6 nitrogen and oxygen atoms in total. The Morgan fingerprint density at radius 3 is 2.48 bits per heavy atom. The van der Waals surface area contributed by atoms with Gasteiger partial charge in [0.1, 0.15) is 5.75 Å². The molecule has 1 spiro atoms. The van der Waals surface area contributed by atoms with Crippen LogP contribution in [0.15, 0.2) is 18.2 Å². The van der Waals surface area contributed by atoms with Crippen LogP contribution in [0.3, 0.4) is 0 Å². The second-order valence-electron chi connectivity index (χ2n) is 8.48. The van der Waals surface area contributed by atoms with Crippen LogP contribution >= 0.6 is 12.4 Å². The van der Waals surface area contributed by atoms with E-state index in [2.05, 4.69) is 10.6 Å². The van der Waals surface area contributed by atoms with Crippen LogP contribution in [0.1, 0.15) is 55.3 Å². The average molecular weight is 422 g/mol. The molecule has 160 valence electrons. The van der Waals surface area contributed by atoms with Crippen LogP contribution in [0.5, 0.6) is 5.75 Å². The van der Waals surface area contributed by atoms with Gasteiger partial charge in [-0.05, 0) is 68.8 Å². The van der Waals surface area contributed by atoms with Gasteiger partial charge >= 0.3 is 0 Å². The number of anilines is 1. The maximum atomic E-state index is 12.9. The Morgan fingerprint density at radius 1 is 1.14 bits per heavy atom. The van der Waals surface area contributed by atoms with Crippen molar-refractivity contribution >= 4 is 29.9 Å². The molecule has 4 rings (SSSR count). The average Bonchev–Trinajstić information content (AvgIpc) is 3.47. The first-order chi connectivity index (χ1) is 13.6. The van der Waals surface area contributed by atoms with Gasteiger partial charge < -0.3 is 20.3 Å². The van der Waals surface area contributed by atoms with Gasteiger partial charge in [-0.1, -0.05) is 12.8 Å². The van der Waals surface area contributed by atoms with Gasteiger partial charge in [-0.2, -0.15) is 0 Å². The van der Waals surface area contributed by atoms with Crippen LogP contribution in [0.25, 0.3) is 0 Å². The summed E-state index contributed by atoms with van der Waals surface area (Å²) in [5.74, 6) is 0.769. The van der Waals surface area contributed by atoms with Crippen molar-refractivity contribution in [2.24, 2.45) is 11.3 Å². The molecule has 3 aliphatic rings. The lowest BCUT2D eigenvalue weighted by molar-refractivity contribution is -0.118. The molecule has 1 aliphatic carbocycles. The predicted molar refractivity (Wildman–Crippen MR) is 116 cm³/mol. The summed E-state index contributed by atoms with van der Waals surface area (Å²) in [6, 6.07) is 5.36. The predicted octanol–water partition coefficient (Wildman–Crippen LogP) is 3.46. The summed E-state index contributed by atoms with van der Waals surface area (Å²) >= 11 is 0. The van der Waals surface area contributed by atoms with Crippen molar-refractivity contribution in [2.75, 3.05) is 38.6 Å². The van der Waals surface area contributed by atoms with Crippen LogP contribution < -0.4 is 15.4 Å². The van der Waals surface area contributed by atoms with Gasteiger partial charge in [0.2, 0.25) is 5.91 Å². The van der Waals surface area contributed by atoms with E-state index in [4.69, 9.17) is 4.74 Å². The van der Waals surface area contributed by atoms with Crippen LogP contribution in [0.2, 0.25) is 0 Å². The summed E-state index contributed by atoms with van der Waals surface area (Å²) in [4.78, 5) is 27.7. The molecule has 1 atom stereocenters. The lowest BCUT2D eigenvalue weighted by Crippen LogP contribution is -2.32. The topological polar surface area (TPSA) is 70.7 Å². The van der Waals surface area contributed by atoms with E-state index in [0.717, 1.165) is 58.3 Å². The molecule has 0 bridgehead atoms. The summed E-state index contributed by atoms with van der Waals surface area (Å²) < 4.78 is 5.43. The molecule has 2 aliphatic heterocycles. The maximum absolute atomic E-state index is 12.9. The number of hydrogen-bond donors (Lipinski definition) is 2. The summed E-state index contributed by atoms with van der Waals surface area (Å²) in [5, 5.41) is 6.42. The van der Waals surface area contributed by atoms with E-state index < -0.39 is 0 Å². The van der Waals surface area contributed by atoms with E-state index in [1.54, 1.807) is 25.3 Å². The second kappa shape index (κ2) is 9.35. The summed E-state index contributed by atoms with van der Waals surface area (Å²) in [5.41, 5.74) is 1.40. The van der Waals surface area contributed by atoms with Crippen molar-refractivity contribution in [1.82, 2.24) is 10.2 Å². The number of nitrogens with zero attached hydrogens (tertiary/aromatic N) is 1. The number of rotatable bonds is 4. The van der Waals surface area contributed by atoms with Gasteiger partial charge in [0.15, 0.2) is 0 Å². The Balaban J connectivity index is 0.00000240. The smallest absolute Gasteiger partial charge is 0.253 e. The molecule has 1 aromatic rings. The molecule has 7 heteroatoms. The van der Waals surface area contributed by atoms with Crippen LogP contribution in [0, 0.1) is 11.3 Å². The lowest BCUT2D eigenvalue weighted by atomic mass is 9.92. The Hall–Kier alpha value is -1.79. The van der Waals surface area contributed by atoms with E-state index in [-0.39, 0.29) is 35.6 Å². The number of methoxy groups -OCH3 is 1. The first kappa shape index (κ1) is 21.9. The highest BCUT2D eigenvalue weighted by atomic mass is 35.5. The van der Waals surface area contributed by atoms with Crippen molar-refractivity contribution in [1.29, 1.82) is 0 Å². The van der Waals surface area contributed by atoms with E-state index in [1.807, 2.05) is 4.90 Å². The molecular formula is C22H32ClN3O3. The largest absolute Gasteiger partial charge is 0.495 e. The van der Waals surface area contributed by atoms with Gasteiger partial charge in [-0.25, -0.2) is 0 Å². The van der Waals surface area contributed by atoms with Gasteiger partial charge in [0.05, 0.1) is 12.8 Å². The highest BCUT2D eigenvalue weighted by Crippen LogP contribution is 2.58. The molecule has 2 N–H and O–H groups in total. The minimum atomic E-state index is 0. The number of amides is 2. The fraction of sp³-hybridized carbons (Fsp3) is 0.636. The lowest BCUT2D eigenvalue weighted by Gasteiger charge is -2.23. The Morgan fingerprint density at radius 2 is 1.83 bits per heavy atom. The van der Waals surface area contributed by atoms with Crippen molar-refractivity contribution < 1.29 is 14.3 Å². The van der Waals surface area contributed by atoms with E-state index >= 15 is 0 Å². The molecule has 1 saturated carbocycles. The third-order valence-electron chi connectivity index (χ3n) is 6.70. The Bertz CT molecular complexity index is 741. The molecular weight excluding hydrogens is 390 g/mol. The number of nitrogens with one attached hydrogen (secondary N) is 2. The van der Waals surface area contributed by atoms with E-state index in [0.29, 0.717) is 17.0 Å². The third kappa shape index (κ3) is 4.69. The number of hydrogen-bond acceptors (Lipinski definition) is 4. The molecule has 29 heavy (non-hydrogen) atoms. The first-order valence-electron chi connectivity index (χ1n) is 10.6. The van der Waals surface area contributed by atoms with E-state index in [1.165, 1.54) is 12.8 Å². The minimum absolute atomic E-state index is 0. The number of carbonyl (C=O) groups excluding carboxylic acids is 2. The summed E-state index contributed by atoms with van der Waals surface area (Å²) in [6.07, 6.45) is 7.59. The number of halogens is 1. The normalized spacial score (nSPS) is 22.9. The molecule has 2 saturated heterocycles. The number of likely N-dealkylation sites (tertiary alicyclic amines) is 1. The van der Waals surface area contributed by atoms with Gasteiger partial charge in [-0.15, -0.1) is 12.4 Å². The fourth-order valence-electron chi connectivity index (χ4n) is 4.81. The zero-order valence-corrected chi connectivity index (χ0v) is 18.0. The quantitative estimate of drug-likeness (QED) is 0.781. The number of benzene rings is 1. The van der Waals surface area contributed by atoms with Gasteiger partial charge in [0, 0.05) is 24.6 Å². The molecule has 1 aromatic carbocycles. The van der Waals surface area contributed by atoms with Gasteiger partial charge in [-0.3, -0.25) is 9.59 Å². The first-order valence-corrected chi connectivity index (χ1v) is 10.6. The van der Waals surface area contributed by atoms with Crippen molar-refractivity contribution in [3.63, 3.8) is 0 Å². The Kier molecular flexibility index (Phi) is 7.06. The van der Waals surface area contributed by atoms with Gasteiger partial charge in [0.25, 0.3) is 5.91 Å². The second-order valence-corrected chi connectivity index (χ2v) is 8.48. The van der Waals surface area contributed by atoms with Crippen LogP contribution in [-0.4, -0.2) is 50.0 Å². The SMILES string of the molecule is COc1ccc(C(=O)N2CCCCCC2)cc1NC(=O)C1CC12CCNCC2.Cl. The third-order valence-corrected chi connectivity index (χ3v) is 6.70. The summed E-state index contributed by atoms with van der Waals surface area (Å²) in [6.45, 7) is 3.61. The molecule has 3 fully saturated rings. The molecule has 0 radical (unpaired) electrons. The standard InChI is InChI=1S/C22H31N3O3.ClH/c1-28-19-7-6-16(21(27)25-12-4-2-3-5-13-25)14-18(19)24-20(26)17-15-22(17)8-10-23-11-9-22;/h6-7,14,17,23H,2-5,8-13,15H2,1H3,(H,24,26);1H. The molecule has 2 amide bonds. The van der Waals surface area contributed by atoms with Crippen molar-refractivity contribution in [2.45, 2.75) is 44.9 Å². The molecule has 2 heterocycles. The molecule has 1 unspecified atom stereocenters. The zero-order chi connectivity index (χ0) is 19.6. The van der Waals surface area contributed by atoms with Crippen LogP contribution in [-0.2, 0) is 4.79 Å². The number of piperidine rings is 1. The van der Waals surface area contributed by atoms with Crippen LogP contribution in [0.4, 0.5) is 5.69 Å². The number of ether oxygens (including phenoxy) is 1. The minimum Gasteiger partial charge on any atom is -0.495 e. The fourth-order valence-corrected chi connectivity index (χ4v) is 4.81. The highest BCUT2D eigenvalue weighted by molar-refractivity contribution is 6.00.